The lowest BCUT2D eigenvalue weighted by Crippen LogP contribution is -2.49. The molecule has 8 heteroatoms. The highest BCUT2D eigenvalue weighted by Crippen LogP contribution is 2.14. The topological polar surface area (TPSA) is 119 Å². The lowest BCUT2D eigenvalue weighted by Gasteiger charge is -2.25. The SMILES string of the molecule is C=CCOC(=O)N(C(=O)OCc1ccccc1)C(CCCCN)C(=O)O. The number of nitrogens with two attached hydrogens (primary N) is 1. The number of rotatable bonds is 10. The van der Waals surface area contributed by atoms with Crippen LogP contribution in [0.1, 0.15) is 24.8 Å². The van der Waals surface area contributed by atoms with Gasteiger partial charge in [0, 0.05) is 0 Å². The summed E-state index contributed by atoms with van der Waals surface area (Å²) < 4.78 is 9.95. The first-order valence-electron chi connectivity index (χ1n) is 8.21. The number of hydrogen-bond donors (Lipinski definition) is 2. The molecule has 1 atom stereocenters. The summed E-state index contributed by atoms with van der Waals surface area (Å²) in [6.45, 7) is 3.54. The summed E-state index contributed by atoms with van der Waals surface area (Å²) >= 11 is 0. The molecular formula is C18H24N2O6. The standard InChI is InChI=1S/C18H24N2O6/c1-2-12-25-17(23)20(15(16(21)22)10-6-7-11-19)18(24)26-13-14-8-4-3-5-9-14/h2-5,8-9,15H,1,6-7,10-13,19H2,(H,21,22). The highest BCUT2D eigenvalue weighted by atomic mass is 16.6. The van der Waals surface area contributed by atoms with Crippen LogP contribution in [0.3, 0.4) is 0 Å². The van der Waals surface area contributed by atoms with Crippen molar-refractivity contribution in [1.29, 1.82) is 0 Å². The van der Waals surface area contributed by atoms with Crippen molar-refractivity contribution in [3.05, 3.63) is 48.6 Å². The highest BCUT2D eigenvalue weighted by Gasteiger charge is 2.37. The molecule has 1 unspecified atom stereocenters. The van der Waals surface area contributed by atoms with Gasteiger partial charge in [-0.25, -0.2) is 14.4 Å². The number of carbonyl (C=O) groups is 3. The number of carboxylic acid groups (broad SMARTS) is 1. The quantitative estimate of drug-likeness (QED) is 0.483. The van der Waals surface area contributed by atoms with Crippen LogP contribution in [0.2, 0.25) is 0 Å². The third-order valence-corrected chi connectivity index (χ3v) is 3.45. The van der Waals surface area contributed by atoms with Crippen LogP contribution in [-0.2, 0) is 20.9 Å². The number of nitrogens with zero attached hydrogens (tertiary/aromatic N) is 1. The van der Waals surface area contributed by atoms with Crippen molar-refractivity contribution < 1.29 is 29.0 Å². The Hall–Kier alpha value is -2.87. The molecule has 0 aromatic heterocycles. The number of amides is 2. The summed E-state index contributed by atoms with van der Waals surface area (Å²) in [5, 5.41) is 9.44. The van der Waals surface area contributed by atoms with Gasteiger partial charge in [-0.05, 0) is 31.4 Å². The Bertz CT molecular complexity index is 605. The molecule has 0 spiro atoms. The van der Waals surface area contributed by atoms with Gasteiger partial charge in [-0.2, -0.15) is 4.90 Å². The Balaban J connectivity index is 2.89. The van der Waals surface area contributed by atoms with E-state index in [9.17, 15) is 19.5 Å². The molecule has 2 amide bonds. The van der Waals surface area contributed by atoms with Crippen molar-refractivity contribution in [3.63, 3.8) is 0 Å². The van der Waals surface area contributed by atoms with E-state index in [1.807, 2.05) is 6.07 Å². The second-order valence-corrected chi connectivity index (χ2v) is 5.41. The van der Waals surface area contributed by atoms with Crippen LogP contribution in [0.25, 0.3) is 0 Å². The fourth-order valence-corrected chi connectivity index (χ4v) is 2.16. The number of benzene rings is 1. The van der Waals surface area contributed by atoms with Gasteiger partial charge in [-0.3, -0.25) is 0 Å². The third-order valence-electron chi connectivity index (χ3n) is 3.45. The number of carbonyl (C=O) groups excluding carboxylic acids is 2. The van der Waals surface area contributed by atoms with Crippen LogP contribution in [0, 0.1) is 0 Å². The lowest BCUT2D eigenvalue weighted by atomic mass is 10.1. The van der Waals surface area contributed by atoms with E-state index in [-0.39, 0.29) is 19.6 Å². The van der Waals surface area contributed by atoms with Gasteiger partial charge in [0.05, 0.1) is 0 Å². The summed E-state index contributed by atoms with van der Waals surface area (Å²) in [4.78, 5) is 36.7. The molecule has 0 aliphatic carbocycles. The van der Waals surface area contributed by atoms with E-state index >= 15 is 0 Å². The number of aliphatic carboxylic acids is 1. The van der Waals surface area contributed by atoms with Crippen LogP contribution in [0.15, 0.2) is 43.0 Å². The molecule has 8 nitrogen and oxygen atoms in total. The Labute approximate surface area is 152 Å². The summed E-state index contributed by atoms with van der Waals surface area (Å²) in [6, 6.07) is 7.43. The molecule has 0 bridgehead atoms. The van der Waals surface area contributed by atoms with Crippen molar-refractivity contribution in [2.75, 3.05) is 13.2 Å². The summed E-state index contributed by atoms with van der Waals surface area (Å²) in [5.41, 5.74) is 6.11. The fraction of sp³-hybridized carbons (Fsp3) is 0.389. The Morgan fingerprint density at radius 3 is 2.38 bits per heavy atom. The van der Waals surface area contributed by atoms with Gasteiger partial charge in [0.15, 0.2) is 0 Å². The summed E-state index contributed by atoms with van der Waals surface area (Å²) in [7, 11) is 0. The van der Waals surface area contributed by atoms with E-state index in [1.54, 1.807) is 24.3 Å². The molecule has 0 aliphatic rings. The normalized spacial score (nSPS) is 11.3. The molecule has 0 radical (unpaired) electrons. The van der Waals surface area contributed by atoms with Crippen molar-refractivity contribution in [3.8, 4) is 0 Å². The maximum atomic E-state index is 12.4. The van der Waals surface area contributed by atoms with Gasteiger partial charge in [0.25, 0.3) is 0 Å². The van der Waals surface area contributed by atoms with Crippen molar-refractivity contribution >= 4 is 18.2 Å². The molecule has 1 rings (SSSR count). The zero-order valence-corrected chi connectivity index (χ0v) is 14.5. The minimum absolute atomic E-state index is 0.0517. The molecule has 0 fully saturated rings. The molecule has 0 aliphatic heterocycles. The average molecular weight is 364 g/mol. The Morgan fingerprint density at radius 2 is 1.81 bits per heavy atom. The lowest BCUT2D eigenvalue weighted by molar-refractivity contribution is -0.142. The van der Waals surface area contributed by atoms with Crippen molar-refractivity contribution in [2.24, 2.45) is 5.73 Å². The molecule has 0 heterocycles. The van der Waals surface area contributed by atoms with E-state index in [1.165, 1.54) is 6.08 Å². The monoisotopic (exact) mass is 364 g/mol. The molecule has 3 N–H and O–H groups in total. The Kier molecular flexibility index (Phi) is 9.48. The van der Waals surface area contributed by atoms with Gasteiger partial charge in [0.2, 0.25) is 0 Å². The smallest absolute Gasteiger partial charge is 0.420 e. The molecule has 142 valence electrons. The first kappa shape index (κ1) is 21.2. The minimum Gasteiger partial charge on any atom is -0.480 e. The molecular weight excluding hydrogens is 340 g/mol. The predicted molar refractivity (Wildman–Crippen MR) is 94.3 cm³/mol. The second kappa shape index (κ2) is 11.6. The van der Waals surface area contributed by atoms with Crippen LogP contribution in [0.4, 0.5) is 9.59 Å². The molecule has 0 saturated heterocycles. The minimum atomic E-state index is -1.40. The zero-order valence-electron chi connectivity index (χ0n) is 14.5. The largest absolute Gasteiger partial charge is 0.480 e. The first-order chi connectivity index (χ1) is 12.5. The number of imide groups is 1. The fourth-order valence-electron chi connectivity index (χ4n) is 2.16. The molecule has 1 aromatic carbocycles. The zero-order chi connectivity index (χ0) is 19.4. The second-order valence-electron chi connectivity index (χ2n) is 5.41. The van der Waals surface area contributed by atoms with Crippen LogP contribution in [-0.4, -0.2) is 47.4 Å². The maximum absolute atomic E-state index is 12.4. The number of hydrogen-bond acceptors (Lipinski definition) is 6. The van der Waals surface area contributed by atoms with Gasteiger partial charge in [-0.1, -0.05) is 43.0 Å². The highest BCUT2D eigenvalue weighted by molar-refractivity contribution is 5.93. The van der Waals surface area contributed by atoms with E-state index in [0.717, 1.165) is 0 Å². The van der Waals surface area contributed by atoms with Crippen molar-refractivity contribution in [1.82, 2.24) is 4.90 Å². The predicted octanol–water partition coefficient (Wildman–Crippen LogP) is 2.53. The van der Waals surface area contributed by atoms with E-state index < -0.39 is 24.2 Å². The molecule has 26 heavy (non-hydrogen) atoms. The van der Waals surface area contributed by atoms with E-state index in [0.29, 0.717) is 29.8 Å². The summed E-state index contributed by atoms with van der Waals surface area (Å²) in [6.07, 6.45) is 0.195. The van der Waals surface area contributed by atoms with E-state index in [2.05, 4.69) is 6.58 Å². The number of carboxylic acids is 1. The van der Waals surface area contributed by atoms with E-state index in [4.69, 9.17) is 15.2 Å². The third kappa shape index (κ3) is 6.94. The van der Waals surface area contributed by atoms with Crippen LogP contribution >= 0.6 is 0 Å². The van der Waals surface area contributed by atoms with Gasteiger partial charge in [-0.15, -0.1) is 0 Å². The maximum Gasteiger partial charge on any atom is 0.420 e. The van der Waals surface area contributed by atoms with Crippen LogP contribution in [0.5, 0.6) is 0 Å². The Morgan fingerprint density at radius 1 is 1.15 bits per heavy atom. The van der Waals surface area contributed by atoms with Crippen molar-refractivity contribution in [2.45, 2.75) is 31.9 Å². The first-order valence-corrected chi connectivity index (χ1v) is 8.21. The number of unbranched alkanes of at least 4 members (excludes halogenated alkanes) is 1. The van der Waals surface area contributed by atoms with Gasteiger partial charge in [0.1, 0.15) is 19.3 Å². The van der Waals surface area contributed by atoms with Gasteiger partial charge < -0.3 is 20.3 Å². The molecule has 1 aromatic rings. The van der Waals surface area contributed by atoms with Gasteiger partial charge >= 0.3 is 18.2 Å². The summed E-state index contributed by atoms with van der Waals surface area (Å²) in [5.74, 6) is -1.32. The average Bonchev–Trinajstić information content (AvgIpc) is 2.64. The number of ether oxygens (including phenoxy) is 2. The van der Waals surface area contributed by atoms with Crippen LogP contribution < -0.4 is 5.73 Å². The molecule has 0 saturated carbocycles.